The molecule has 2 heterocycles. The molecule has 164 valence electrons. The maximum absolute atomic E-state index is 12.8. The van der Waals surface area contributed by atoms with Gasteiger partial charge >= 0.3 is 0 Å². The molecule has 2 N–H and O–H groups in total. The molecule has 4 rings (SSSR count). The summed E-state index contributed by atoms with van der Waals surface area (Å²) >= 11 is 0. The molecule has 2 aliphatic heterocycles. The van der Waals surface area contributed by atoms with Crippen LogP contribution in [0.3, 0.4) is 0 Å². The number of rotatable bonds is 6. The van der Waals surface area contributed by atoms with Crippen LogP contribution in [0.25, 0.3) is 0 Å². The number of benzene rings is 2. The van der Waals surface area contributed by atoms with E-state index < -0.39 is 11.9 Å². The monoisotopic (exact) mass is 422 g/mol. The van der Waals surface area contributed by atoms with Gasteiger partial charge in [0.15, 0.2) is 0 Å². The fourth-order valence-corrected chi connectivity index (χ4v) is 4.52. The van der Waals surface area contributed by atoms with Crippen LogP contribution in [0.15, 0.2) is 48.5 Å². The molecule has 1 atom stereocenters. The van der Waals surface area contributed by atoms with Crippen molar-refractivity contribution < 1.29 is 14.3 Å². The van der Waals surface area contributed by atoms with Crippen LogP contribution in [0.1, 0.15) is 28.8 Å². The number of amides is 2. The predicted molar refractivity (Wildman–Crippen MR) is 120 cm³/mol. The summed E-state index contributed by atoms with van der Waals surface area (Å²) in [7, 11) is 1.71. The van der Waals surface area contributed by atoms with E-state index >= 15 is 0 Å². The van der Waals surface area contributed by atoms with Gasteiger partial charge in [-0.2, -0.15) is 0 Å². The van der Waals surface area contributed by atoms with E-state index in [9.17, 15) is 9.59 Å². The molecular formula is C24H30N4O3. The molecule has 0 unspecified atom stereocenters. The first kappa shape index (κ1) is 21.2. The highest BCUT2D eigenvalue weighted by atomic mass is 16.5. The summed E-state index contributed by atoms with van der Waals surface area (Å²) in [4.78, 5) is 30.8. The molecule has 2 amide bonds. The lowest BCUT2D eigenvalue weighted by Crippen LogP contribution is -2.46. The fraction of sp³-hybridized carbons (Fsp3) is 0.417. The van der Waals surface area contributed by atoms with Crippen LogP contribution >= 0.6 is 0 Å². The average Bonchev–Trinajstić information content (AvgIpc) is 3.30. The van der Waals surface area contributed by atoms with E-state index in [0.29, 0.717) is 18.5 Å². The summed E-state index contributed by atoms with van der Waals surface area (Å²) in [5.41, 5.74) is 8.37. The van der Waals surface area contributed by atoms with E-state index in [1.54, 1.807) is 12.0 Å². The van der Waals surface area contributed by atoms with E-state index in [1.807, 2.05) is 42.5 Å². The van der Waals surface area contributed by atoms with Crippen LogP contribution in [-0.4, -0.2) is 67.5 Å². The molecule has 0 spiro atoms. The molecule has 7 heteroatoms. The predicted octanol–water partition coefficient (Wildman–Crippen LogP) is 2.11. The highest BCUT2D eigenvalue weighted by Gasteiger charge is 2.33. The molecule has 2 aliphatic rings. The molecule has 31 heavy (non-hydrogen) atoms. The van der Waals surface area contributed by atoms with Gasteiger partial charge in [-0.3, -0.25) is 14.5 Å². The van der Waals surface area contributed by atoms with Gasteiger partial charge in [0.25, 0.3) is 5.91 Å². The first-order chi connectivity index (χ1) is 15.1. The number of hydrogen-bond acceptors (Lipinski definition) is 5. The van der Waals surface area contributed by atoms with Gasteiger partial charge < -0.3 is 20.3 Å². The van der Waals surface area contributed by atoms with Crippen LogP contribution < -0.4 is 15.4 Å². The van der Waals surface area contributed by atoms with Crippen LogP contribution in [0.4, 0.5) is 5.69 Å². The molecule has 0 radical (unpaired) electrons. The second-order valence-electron chi connectivity index (χ2n) is 8.19. The van der Waals surface area contributed by atoms with E-state index in [4.69, 9.17) is 10.5 Å². The lowest BCUT2D eigenvalue weighted by atomic mass is 10.1. The number of likely N-dealkylation sites (tertiary alicyclic amines) is 1. The van der Waals surface area contributed by atoms with Crippen molar-refractivity contribution in [1.82, 2.24) is 9.80 Å². The molecule has 2 aromatic carbocycles. The highest BCUT2D eigenvalue weighted by Crippen LogP contribution is 2.28. The topological polar surface area (TPSA) is 79.1 Å². The minimum Gasteiger partial charge on any atom is -0.495 e. The zero-order chi connectivity index (χ0) is 21.8. The summed E-state index contributed by atoms with van der Waals surface area (Å²) < 4.78 is 5.50. The number of para-hydroxylation sites is 2. The van der Waals surface area contributed by atoms with E-state index in [2.05, 4.69) is 15.9 Å². The third kappa shape index (κ3) is 4.66. The Bertz CT molecular complexity index is 923. The van der Waals surface area contributed by atoms with Gasteiger partial charge in [-0.25, -0.2) is 0 Å². The Hall–Kier alpha value is -3.06. The quantitative estimate of drug-likeness (QED) is 0.771. The lowest BCUT2D eigenvalue weighted by molar-refractivity contribution is -0.121. The van der Waals surface area contributed by atoms with Gasteiger partial charge in [0.1, 0.15) is 11.8 Å². The zero-order valence-electron chi connectivity index (χ0n) is 18.0. The number of carbonyl (C=O) groups is 2. The van der Waals surface area contributed by atoms with Crippen molar-refractivity contribution in [3.05, 3.63) is 59.7 Å². The Balaban J connectivity index is 1.33. The average molecular weight is 423 g/mol. The Morgan fingerprint density at radius 3 is 2.39 bits per heavy atom. The number of piperazine rings is 1. The zero-order valence-corrected chi connectivity index (χ0v) is 18.0. The molecule has 0 saturated carbocycles. The van der Waals surface area contributed by atoms with Gasteiger partial charge in [-0.15, -0.1) is 0 Å². The van der Waals surface area contributed by atoms with Crippen molar-refractivity contribution in [2.75, 3.05) is 44.7 Å². The van der Waals surface area contributed by atoms with Gasteiger partial charge in [0.2, 0.25) is 5.91 Å². The lowest BCUT2D eigenvalue weighted by Gasteiger charge is -2.36. The molecular weight excluding hydrogens is 392 g/mol. The minimum absolute atomic E-state index is 0.113. The number of ether oxygens (including phenoxy) is 1. The third-order valence-electron chi connectivity index (χ3n) is 6.25. The number of nitrogens with zero attached hydrogens (tertiary/aromatic N) is 3. The van der Waals surface area contributed by atoms with E-state index in [1.165, 1.54) is 5.56 Å². The maximum Gasteiger partial charge on any atom is 0.254 e. The standard InChI is InChI=1S/C24H30N4O3/c1-31-22-7-3-2-5-20(22)27-15-13-26(14-16-27)17-18-8-10-19(11-9-18)24(30)28-12-4-6-21(28)23(25)29/h2-3,5,7-11,21H,4,6,12-17H2,1H3,(H2,25,29)/t21-/m0/s1. The summed E-state index contributed by atoms with van der Waals surface area (Å²) in [6.07, 6.45) is 1.47. The first-order valence-corrected chi connectivity index (χ1v) is 10.9. The normalized spacial score (nSPS) is 19.5. The Morgan fingerprint density at radius 2 is 1.71 bits per heavy atom. The molecule has 7 nitrogen and oxygen atoms in total. The number of carbonyl (C=O) groups excluding carboxylic acids is 2. The van der Waals surface area contributed by atoms with Gasteiger partial charge in [-0.1, -0.05) is 24.3 Å². The van der Waals surface area contributed by atoms with Crippen LogP contribution in [0, 0.1) is 0 Å². The summed E-state index contributed by atoms with van der Waals surface area (Å²) in [5.74, 6) is 0.376. The number of anilines is 1. The Labute approximate surface area is 183 Å². The number of methoxy groups -OCH3 is 1. The fourth-order valence-electron chi connectivity index (χ4n) is 4.52. The van der Waals surface area contributed by atoms with Crippen molar-refractivity contribution in [2.45, 2.75) is 25.4 Å². The van der Waals surface area contributed by atoms with Gasteiger partial charge in [0, 0.05) is 44.8 Å². The van der Waals surface area contributed by atoms with E-state index in [0.717, 1.165) is 50.6 Å². The number of hydrogen-bond donors (Lipinski definition) is 1. The molecule has 2 aromatic rings. The molecule has 0 aromatic heterocycles. The smallest absolute Gasteiger partial charge is 0.254 e. The SMILES string of the molecule is COc1ccccc1N1CCN(Cc2ccc(C(=O)N3CCC[C@H]3C(N)=O)cc2)CC1. The van der Waals surface area contributed by atoms with Crippen molar-refractivity contribution in [2.24, 2.45) is 5.73 Å². The third-order valence-corrected chi connectivity index (χ3v) is 6.25. The maximum atomic E-state index is 12.8. The molecule has 2 fully saturated rings. The summed E-state index contributed by atoms with van der Waals surface area (Å²) in [5, 5.41) is 0. The minimum atomic E-state index is -0.480. The molecule has 0 bridgehead atoms. The van der Waals surface area contributed by atoms with E-state index in [-0.39, 0.29) is 5.91 Å². The number of nitrogens with two attached hydrogens (primary N) is 1. The summed E-state index contributed by atoms with van der Waals surface area (Å²) in [6.45, 7) is 5.26. The van der Waals surface area contributed by atoms with Crippen molar-refractivity contribution in [1.29, 1.82) is 0 Å². The molecule has 0 aliphatic carbocycles. The second-order valence-corrected chi connectivity index (χ2v) is 8.19. The number of primary amides is 1. The van der Waals surface area contributed by atoms with Crippen molar-refractivity contribution in [3.8, 4) is 5.75 Å². The highest BCUT2D eigenvalue weighted by molar-refractivity contribution is 5.97. The van der Waals surface area contributed by atoms with Crippen LogP contribution in [0.5, 0.6) is 5.75 Å². The Kier molecular flexibility index (Phi) is 6.42. The molecule has 2 saturated heterocycles. The first-order valence-electron chi connectivity index (χ1n) is 10.9. The summed E-state index contributed by atoms with van der Waals surface area (Å²) in [6, 6.07) is 15.4. The van der Waals surface area contributed by atoms with Gasteiger partial charge in [-0.05, 0) is 42.7 Å². The van der Waals surface area contributed by atoms with Crippen LogP contribution in [0.2, 0.25) is 0 Å². The van der Waals surface area contributed by atoms with Gasteiger partial charge in [0.05, 0.1) is 12.8 Å². The van der Waals surface area contributed by atoms with Crippen LogP contribution in [-0.2, 0) is 11.3 Å². The Morgan fingerprint density at radius 1 is 1.00 bits per heavy atom. The largest absolute Gasteiger partial charge is 0.495 e. The van der Waals surface area contributed by atoms with Crippen molar-refractivity contribution in [3.63, 3.8) is 0 Å². The second kappa shape index (κ2) is 9.39. The van der Waals surface area contributed by atoms with Crippen molar-refractivity contribution >= 4 is 17.5 Å².